The first-order valence-corrected chi connectivity index (χ1v) is 6.45. The van der Waals surface area contributed by atoms with Gasteiger partial charge in [0, 0.05) is 17.9 Å². The van der Waals surface area contributed by atoms with Gasteiger partial charge in [-0.3, -0.25) is 14.9 Å². The zero-order valence-electron chi connectivity index (χ0n) is 11.0. The lowest BCUT2D eigenvalue weighted by Crippen LogP contribution is -2.44. The number of nitrogens with one attached hydrogen (secondary N) is 1. The molecule has 0 unspecified atom stereocenters. The molecule has 19 heavy (non-hydrogen) atoms. The van der Waals surface area contributed by atoms with E-state index in [1.54, 1.807) is 19.2 Å². The maximum absolute atomic E-state index is 11.5. The summed E-state index contributed by atoms with van der Waals surface area (Å²) in [6, 6.07) is 5.40. The molecule has 1 aliphatic heterocycles. The van der Waals surface area contributed by atoms with Crippen LogP contribution in [0, 0.1) is 5.41 Å². The minimum atomic E-state index is -0.393. The number of methoxy groups -OCH3 is 1. The van der Waals surface area contributed by atoms with Crippen molar-refractivity contribution in [1.29, 1.82) is 0 Å². The van der Waals surface area contributed by atoms with Crippen molar-refractivity contribution in [3.63, 3.8) is 0 Å². The number of ether oxygens (including phenoxy) is 1. The fourth-order valence-electron chi connectivity index (χ4n) is 2.48. The molecule has 0 saturated carbocycles. The number of amides is 2. The van der Waals surface area contributed by atoms with Crippen molar-refractivity contribution in [3.05, 3.63) is 28.8 Å². The van der Waals surface area contributed by atoms with Crippen LogP contribution in [0.1, 0.15) is 25.3 Å². The van der Waals surface area contributed by atoms with E-state index in [1.807, 2.05) is 13.0 Å². The maximum Gasteiger partial charge on any atom is 0.227 e. The highest BCUT2D eigenvalue weighted by atomic mass is 35.5. The van der Waals surface area contributed by atoms with Crippen LogP contribution in [-0.2, 0) is 16.0 Å². The number of hydrogen-bond donors (Lipinski definition) is 1. The number of benzene rings is 1. The van der Waals surface area contributed by atoms with Gasteiger partial charge in [-0.15, -0.1) is 0 Å². The van der Waals surface area contributed by atoms with Crippen molar-refractivity contribution in [2.24, 2.45) is 5.41 Å². The molecule has 1 N–H and O–H groups in total. The molecule has 1 heterocycles. The third kappa shape index (κ3) is 3.26. The van der Waals surface area contributed by atoms with Crippen molar-refractivity contribution in [2.75, 3.05) is 7.11 Å². The van der Waals surface area contributed by atoms with Gasteiger partial charge >= 0.3 is 0 Å². The molecule has 0 aromatic heterocycles. The smallest absolute Gasteiger partial charge is 0.227 e. The van der Waals surface area contributed by atoms with Gasteiger partial charge in [-0.05, 0) is 35.6 Å². The summed E-state index contributed by atoms with van der Waals surface area (Å²) in [7, 11) is 1.59. The molecule has 1 aliphatic rings. The predicted molar refractivity (Wildman–Crippen MR) is 72.2 cm³/mol. The Bertz CT molecular complexity index is 511. The van der Waals surface area contributed by atoms with E-state index in [1.165, 1.54) is 0 Å². The van der Waals surface area contributed by atoms with Crippen LogP contribution in [-0.4, -0.2) is 18.9 Å². The highest BCUT2D eigenvalue weighted by Crippen LogP contribution is 2.36. The predicted octanol–water partition coefficient (Wildman–Crippen LogP) is 2.33. The lowest BCUT2D eigenvalue weighted by molar-refractivity contribution is -0.137. The average Bonchev–Trinajstić information content (AvgIpc) is 2.29. The molecule has 0 bridgehead atoms. The fourth-order valence-corrected chi connectivity index (χ4v) is 2.66. The number of piperidine rings is 1. The van der Waals surface area contributed by atoms with E-state index in [0.717, 1.165) is 11.3 Å². The summed E-state index contributed by atoms with van der Waals surface area (Å²) in [4.78, 5) is 23.0. The number of imide groups is 1. The van der Waals surface area contributed by atoms with E-state index in [-0.39, 0.29) is 11.8 Å². The summed E-state index contributed by atoms with van der Waals surface area (Å²) in [6.07, 6.45) is 1.22. The molecule has 4 nitrogen and oxygen atoms in total. The van der Waals surface area contributed by atoms with Gasteiger partial charge in [0.25, 0.3) is 0 Å². The summed E-state index contributed by atoms with van der Waals surface area (Å²) in [6.45, 7) is 1.93. The number of carbonyl (C=O) groups is 2. The topological polar surface area (TPSA) is 55.4 Å². The Kier molecular flexibility index (Phi) is 3.80. The zero-order valence-corrected chi connectivity index (χ0v) is 11.7. The van der Waals surface area contributed by atoms with Crippen LogP contribution in [0.2, 0.25) is 5.02 Å². The van der Waals surface area contributed by atoms with E-state index >= 15 is 0 Å². The number of rotatable bonds is 3. The highest BCUT2D eigenvalue weighted by Gasteiger charge is 2.36. The molecule has 102 valence electrons. The summed E-state index contributed by atoms with van der Waals surface area (Å²) >= 11 is 6.17. The zero-order chi connectivity index (χ0) is 14.0. The Morgan fingerprint density at radius 1 is 1.32 bits per heavy atom. The lowest BCUT2D eigenvalue weighted by atomic mass is 9.75. The molecule has 0 radical (unpaired) electrons. The van der Waals surface area contributed by atoms with Crippen LogP contribution in [0.5, 0.6) is 5.75 Å². The number of carbonyl (C=O) groups excluding carboxylic acids is 2. The van der Waals surface area contributed by atoms with Crippen molar-refractivity contribution >= 4 is 23.4 Å². The van der Waals surface area contributed by atoms with Crippen molar-refractivity contribution in [2.45, 2.75) is 26.2 Å². The minimum Gasteiger partial charge on any atom is -0.497 e. The van der Waals surface area contributed by atoms with Crippen LogP contribution in [0.15, 0.2) is 18.2 Å². The summed E-state index contributed by atoms with van der Waals surface area (Å²) < 4.78 is 5.17. The molecule has 2 rings (SSSR count). The summed E-state index contributed by atoms with van der Waals surface area (Å²) in [5.74, 6) is 0.269. The van der Waals surface area contributed by atoms with Gasteiger partial charge in [0.15, 0.2) is 0 Å². The molecule has 1 saturated heterocycles. The second-order valence-corrected chi connectivity index (χ2v) is 5.68. The van der Waals surface area contributed by atoms with Crippen LogP contribution in [0.3, 0.4) is 0 Å². The van der Waals surface area contributed by atoms with E-state index in [9.17, 15) is 9.59 Å². The quantitative estimate of drug-likeness (QED) is 0.865. The fraction of sp³-hybridized carbons (Fsp3) is 0.429. The first kappa shape index (κ1) is 13.9. The number of hydrogen-bond acceptors (Lipinski definition) is 3. The molecular weight excluding hydrogens is 266 g/mol. The van der Waals surface area contributed by atoms with Gasteiger partial charge in [0.05, 0.1) is 7.11 Å². The van der Waals surface area contributed by atoms with Gasteiger partial charge in [-0.1, -0.05) is 18.5 Å². The lowest BCUT2D eigenvalue weighted by Gasteiger charge is -2.32. The monoisotopic (exact) mass is 281 g/mol. The largest absolute Gasteiger partial charge is 0.497 e. The van der Waals surface area contributed by atoms with E-state index in [2.05, 4.69) is 5.32 Å². The van der Waals surface area contributed by atoms with Crippen molar-refractivity contribution < 1.29 is 14.3 Å². The van der Waals surface area contributed by atoms with E-state index < -0.39 is 5.41 Å². The molecule has 5 heteroatoms. The molecule has 0 atom stereocenters. The molecular formula is C14H16ClNO3. The van der Waals surface area contributed by atoms with Gasteiger partial charge < -0.3 is 4.74 Å². The van der Waals surface area contributed by atoms with Crippen LogP contribution < -0.4 is 10.1 Å². The molecule has 0 aliphatic carbocycles. The standard InChI is InChI=1S/C14H16ClNO3/c1-14(7-12(17)16-13(18)8-14)6-9-5-10(19-2)3-4-11(9)15/h3-5H,6-8H2,1-2H3,(H,16,17,18). The minimum absolute atomic E-state index is 0.224. The van der Waals surface area contributed by atoms with E-state index in [0.29, 0.717) is 24.3 Å². The Hall–Kier alpha value is -1.55. The third-order valence-electron chi connectivity index (χ3n) is 3.32. The van der Waals surface area contributed by atoms with Crippen LogP contribution in [0.25, 0.3) is 0 Å². The average molecular weight is 282 g/mol. The van der Waals surface area contributed by atoms with Gasteiger partial charge in [0.1, 0.15) is 5.75 Å². The van der Waals surface area contributed by atoms with E-state index in [4.69, 9.17) is 16.3 Å². The Morgan fingerprint density at radius 3 is 2.53 bits per heavy atom. The highest BCUT2D eigenvalue weighted by molar-refractivity contribution is 6.31. The molecule has 1 fully saturated rings. The van der Waals surface area contributed by atoms with Crippen molar-refractivity contribution in [1.82, 2.24) is 5.32 Å². The molecule has 1 aromatic carbocycles. The maximum atomic E-state index is 11.5. The van der Waals surface area contributed by atoms with Crippen LogP contribution >= 0.6 is 11.6 Å². The Labute approximate surface area is 117 Å². The first-order valence-electron chi connectivity index (χ1n) is 6.07. The van der Waals surface area contributed by atoms with Gasteiger partial charge in [0.2, 0.25) is 11.8 Å². The summed E-state index contributed by atoms with van der Waals surface area (Å²) in [5.41, 5.74) is 0.501. The van der Waals surface area contributed by atoms with Gasteiger partial charge in [-0.2, -0.15) is 0 Å². The number of halogens is 1. The molecule has 2 amide bonds. The molecule has 1 aromatic rings. The SMILES string of the molecule is COc1ccc(Cl)c(CC2(C)CC(=O)NC(=O)C2)c1. The van der Waals surface area contributed by atoms with Crippen LogP contribution in [0.4, 0.5) is 0 Å². The Balaban J connectivity index is 2.24. The summed E-state index contributed by atoms with van der Waals surface area (Å²) in [5, 5.41) is 2.95. The van der Waals surface area contributed by atoms with Crippen molar-refractivity contribution in [3.8, 4) is 5.75 Å². The normalized spacial score (nSPS) is 18.1. The van der Waals surface area contributed by atoms with Gasteiger partial charge in [-0.25, -0.2) is 0 Å². The second kappa shape index (κ2) is 5.21. The Morgan fingerprint density at radius 2 is 1.95 bits per heavy atom. The third-order valence-corrected chi connectivity index (χ3v) is 3.69. The second-order valence-electron chi connectivity index (χ2n) is 5.27. The molecule has 0 spiro atoms. The first-order chi connectivity index (χ1) is 8.92.